The van der Waals surface area contributed by atoms with E-state index < -0.39 is 4.92 Å². The highest BCUT2D eigenvalue weighted by Crippen LogP contribution is 2.29. The third-order valence-electron chi connectivity index (χ3n) is 3.72. The van der Waals surface area contributed by atoms with Crippen molar-refractivity contribution in [2.24, 2.45) is 0 Å². The van der Waals surface area contributed by atoms with Crippen molar-refractivity contribution in [2.45, 2.75) is 5.16 Å². The van der Waals surface area contributed by atoms with E-state index in [1.165, 1.54) is 31.0 Å². The molecule has 3 aromatic rings. The van der Waals surface area contributed by atoms with Crippen LogP contribution >= 0.6 is 23.4 Å². The number of amides is 1. The Bertz CT molecular complexity index is 1010. The lowest BCUT2D eigenvalue weighted by Gasteiger charge is -2.07. The van der Waals surface area contributed by atoms with Crippen molar-refractivity contribution in [1.29, 1.82) is 0 Å². The number of H-pyrrole nitrogens is 1. The van der Waals surface area contributed by atoms with E-state index in [4.69, 9.17) is 16.3 Å². The SMILES string of the molecule is COc1ccc(NC(=O)CSc2ncc(-c3ccc(Cl)cc3)[nH]2)c([N+](=O)[O-])c1. The monoisotopic (exact) mass is 418 g/mol. The minimum absolute atomic E-state index is 0.0384. The van der Waals surface area contributed by atoms with Crippen molar-refractivity contribution in [2.75, 3.05) is 18.2 Å². The molecule has 0 saturated carbocycles. The van der Waals surface area contributed by atoms with E-state index in [0.29, 0.717) is 15.9 Å². The van der Waals surface area contributed by atoms with Gasteiger partial charge in [-0.1, -0.05) is 35.5 Å². The minimum atomic E-state index is -0.573. The van der Waals surface area contributed by atoms with Crippen LogP contribution in [0.5, 0.6) is 5.75 Å². The number of rotatable bonds is 7. The molecule has 0 atom stereocenters. The van der Waals surface area contributed by atoms with Gasteiger partial charge in [0.2, 0.25) is 5.91 Å². The van der Waals surface area contributed by atoms with E-state index in [0.717, 1.165) is 11.3 Å². The maximum atomic E-state index is 12.2. The summed E-state index contributed by atoms with van der Waals surface area (Å²) in [6.07, 6.45) is 1.66. The average Bonchev–Trinajstić information content (AvgIpc) is 3.16. The van der Waals surface area contributed by atoms with Gasteiger partial charge < -0.3 is 15.0 Å². The number of imidazole rings is 1. The lowest BCUT2D eigenvalue weighted by Crippen LogP contribution is -2.15. The number of ether oxygens (including phenoxy) is 1. The number of carbonyl (C=O) groups excluding carboxylic acids is 1. The summed E-state index contributed by atoms with van der Waals surface area (Å²) in [6, 6.07) is 11.5. The summed E-state index contributed by atoms with van der Waals surface area (Å²) in [5.74, 6) is -0.0105. The summed E-state index contributed by atoms with van der Waals surface area (Å²) < 4.78 is 4.97. The van der Waals surface area contributed by atoms with Crippen LogP contribution in [0.4, 0.5) is 11.4 Å². The second kappa shape index (κ2) is 8.77. The van der Waals surface area contributed by atoms with Crippen molar-refractivity contribution in [3.05, 3.63) is 63.8 Å². The molecule has 1 aromatic heterocycles. The molecule has 1 amide bonds. The Morgan fingerprint density at radius 2 is 2.07 bits per heavy atom. The summed E-state index contributed by atoms with van der Waals surface area (Å²) in [5.41, 5.74) is 1.59. The highest BCUT2D eigenvalue weighted by Gasteiger charge is 2.17. The van der Waals surface area contributed by atoms with Gasteiger partial charge in [0, 0.05) is 5.02 Å². The van der Waals surface area contributed by atoms with Crippen molar-refractivity contribution < 1.29 is 14.5 Å². The number of nitrogens with zero attached hydrogens (tertiary/aromatic N) is 2. The first-order valence-electron chi connectivity index (χ1n) is 8.02. The molecule has 28 heavy (non-hydrogen) atoms. The van der Waals surface area contributed by atoms with Crippen LogP contribution in [0.25, 0.3) is 11.3 Å². The van der Waals surface area contributed by atoms with Crippen molar-refractivity contribution >= 4 is 40.6 Å². The van der Waals surface area contributed by atoms with E-state index >= 15 is 0 Å². The van der Waals surface area contributed by atoms with Crippen LogP contribution in [0.1, 0.15) is 0 Å². The highest BCUT2D eigenvalue weighted by atomic mass is 35.5. The first-order valence-corrected chi connectivity index (χ1v) is 9.38. The van der Waals surface area contributed by atoms with Gasteiger partial charge in [-0.2, -0.15) is 0 Å². The molecule has 0 fully saturated rings. The second-order valence-corrected chi connectivity index (χ2v) is 6.99. The summed E-state index contributed by atoms with van der Waals surface area (Å²) in [4.78, 5) is 30.1. The van der Waals surface area contributed by atoms with Crippen LogP contribution in [-0.2, 0) is 4.79 Å². The molecule has 0 saturated heterocycles. The average molecular weight is 419 g/mol. The number of aromatic nitrogens is 2. The number of nitro groups is 1. The number of carbonyl (C=O) groups is 1. The van der Waals surface area contributed by atoms with E-state index in [2.05, 4.69) is 15.3 Å². The lowest BCUT2D eigenvalue weighted by molar-refractivity contribution is -0.384. The Balaban J connectivity index is 1.62. The number of nitro benzene ring substituents is 1. The van der Waals surface area contributed by atoms with Gasteiger partial charge in [0.15, 0.2) is 5.16 Å². The second-order valence-electron chi connectivity index (χ2n) is 5.59. The summed E-state index contributed by atoms with van der Waals surface area (Å²) >= 11 is 7.07. The molecule has 1 heterocycles. The van der Waals surface area contributed by atoms with Crippen molar-refractivity contribution in [1.82, 2.24) is 9.97 Å². The summed E-state index contributed by atoms with van der Waals surface area (Å²) in [6.45, 7) is 0. The maximum absolute atomic E-state index is 12.2. The number of aromatic amines is 1. The Hall–Kier alpha value is -3.04. The van der Waals surface area contributed by atoms with Gasteiger partial charge in [-0.25, -0.2) is 4.98 Å². The van der Waals surface area contributed by atoms with Crippen LogP contribution in [0, 0.1) is 10.1 Å². The van der Waals surface area contributed by atoms with Gasteiger partial charge in [0.25, 0.3) is 5.69 Å². The number of halogens is 1. The zero-order valence-electron chi connectivity index (χ0n) is 14.6. The third kappa shape index (κ3) is 4.81. The van der Waals surface area contributed by atoms with Gasteiger partial charge in [0.05, 0.1) is 35.7 Å². The van der Waals surface area contributed by atoms with Crippen LogP contribution in [-0.4, -0.2) is 33.7 Å². The summed E-state index contributed by atoms with van der Waals surface area (Å²) in [5, 5.41) is 14.9. The van der Waals surface area contributed by atoms with Gasteiger partial charge in [-0.15, -0.1) is 0 Å². The number of benzene rings is 2. The molecule has 0 unspecified atom stereocenters. The zero-order chi connectivity index (χ0) is 20.1. The number of methoxy groups -OCH3 is 1. The number of nitrogens with one attached hydrogen (secondary N) is 2. The topological polar surface area (TPSA) is 110 Å². The van der Waals surface area contributed by atoms with E-state index in [9.17, 15) is 14.9 Å². The molecule has 0 bridgehead atoms. The van der Waals surface area contributed by atoms with Crippen LogP contribution in [0.2, 0.25) is 5.02 Å². The fraction of sp³-hybridized carbons (Fsp3) is 0.111. The number of thioether (sulfide) groups is 1. The molecule has 10 heteroatoms. The Kier molecular flexibility index (Phi) is 6.17. The van der Waals surface area contributed by atoms with E-state index in [-0.39, 0.29) is 23.0 Å². The number of hydrogen-bond donors (Lipinski definition) is 2. The Labute approximate surface area is 169 Å². The number of hydrogen-bond acceptors (Lipinski definition) is 6. The molecule has 0 aliphatic heterocycles. The fourth-order valence-corrected chi connectivity index (χ4v) is 3.14. The molecule has 8 nitrogen and oxygen atoms in total. The molecular weight excluding hydrogens is 404 g/mol. The zero-order valence-corrected chi connectivity index (χ0v) is 16.2. The Morgan fingerprint density at radius 3 is 2.75 bits per heavy atom. The lowest BCUT2D eigenvalue weighted by atomic mass is 10.2. The molecule has 0 radical (unpaired) electrons. The quantitative estimate of drug-likeness (QED) is 0.334. The fourth-order valence-electron chi connectivity index (χ4n) is 2.37. The normalized spacial score (nSPS) is 10.5. The molecule has 0 aliphatic rings. The van der Waals surface area contributed by atoms with Gasteiger partial charge in [-0.3, -0.25) is 14.9 Å². The van der Waals surface area contributed by atoms with Crippen LogP contribution in [0.15, 0.2) is 53.8 Å². The predicted octanol–water partition coefficient (Wildman–Crippen LogP) is 4.38. The largest absolute Gasteiger partial charge is 0.496 e. The maximum Gasteiger partial charge on any atom is 0.296 e. The van der Waals surface area contributed by atoms with Crippen molar-refractivity contribution in [3.8, 4) is 17.0 Å². The van der Waals surface area contributed by atoms with Crippen LogP contribution in [0.3, 0.4) is 0 Å². The first kappa shape index (κ1) is 19.7. The molecule has 0 spiro atoms. The van der Waals surface area contributed by atoms with Gasteiger partial charge in [0.1, 0.15) is 11.4 Å². The molecule has 144 valence electrons. The molecule has 2 N–H and O–H groups in total. The molecule has 0 aliphatic carbocycles. The predicted molar refractivity (Wildman–Crippen MR) is 108 cm³/mol. The number of anilines is 1. The van der Waals surface area contributed by atoms with Gasteiger partial charge >= 0.3 is 0 Å². The van der Waals surface area contributed by atoms with Crippen molar-refractivity contribution in [3.63, 3.8) is 0 Å². The minimum Gasteiger partial charge on any atom is -0.496 e. The molecular formula is C18H15ClN4O4S. The van der Waals surface area contributed by atoms with E-state index in [1.807, 2.05) is 12.1 Å². The van der Waals surface area contributed by atoms with Gasteiger partial charge in [-0.05, 0) is 29.8 Å². The molecule has 3 rings (SSSR count). The smallest absolute Gasteiger partial charge is 0.296 e. The third-order valence-corrected chi connectivity index (χ3v) is 4.86. The summed E-state index contributed by atoms with van der Waals surface area (Å²) in [7, 11) is 1.41. The Morgan fingerprint density at radius 1 is 1.32 bits per heavy atom. The molecule has 2 aromatic carbocycles. The van der Waals surface area contributed by atoms with E-state index in [1.54, 1.807) is 24.4 Å². The standard InChI is InChI=1S/C18H15ClN4O4S/c1-27-13-6-7-14(16(8-13)23(25)26)21-17(24)10-28-18-20-9-15(22-18)11-2-4-12(19)5-3-11/h2-9H,10H2,1H3,(H,20,22)(H,21,24). The first-order chi connectivity index (χ1) is 13.5. The van der Waals surface area contributed by atoms with Crippen LogP contribution < -0.4 is 10.1 Å². The highest BCUT2D eigenvalue weighted by molar-refractivity contribution is 7.99.